The number of unbranched alkanes of at least 4 members (excludes halogenated alkanes) is 4. The van der Waals surface area contributed by atoms with E-state index in [1.165, 1.54) is 0 Å². The summed E-state index contributed by atoms with van der Waals surface area (Å²) in [5.74, 6) is -4.15. The van der Waals surface area contributed by atoms with Gasteiger partial charge in [-0.25, -0.2) is 0 Å². The topological polar surface area (TPSA) is 130 Å². The molecule has 4 aliphatic rings. The van der Waals surface area contributed by atoms with Crippen LogP contribution in [0, 0.1) is 29.1 Å². The molecule has 8 nitrogen and oxygen atoms in total. The second-order valence-electron chi connectivity index (χ2n) is 13.2. The summed E-state index contributed by atoms with van der Waals surface area (Å²) in [4.78, 5) is 39.7. The highest BCUT2D eigenvalue weighted by Gasteiger charge is 2.87. The molecule has 40 heavy (non-hydrogen) atoms. The molecule has 3 N–H and O–H groups in total. The highest BCUT2D eigenvalue weighted by Crippen LogP contribution is 2.77. The van der Waals surface area contributed by atoms with Gasteiger partial charge in [-0.15, -0.1) is 0 Å². The Kier molecular flexibility index (Phi) is 8.50. The summed E-state index contributed by atoms with van der Waals surface area (Å²) >= 11 is 0. The number of ether oxygens (including phenoxy) is 2. The lowest BCUT2D eigenvalue weighted by molar-refractivity contribution is -0.229. The lowest BCUT2D eigenvalue weighted by Gasteiger charge is -2.53. The molecule has 8 atom stereocenters. The van der Waals surface area contributed by atoms with E-state index >= 15 is 0 Å². The van der Waals surface area contributed by atoms with E-state index in [4.69, 9.17) is 9.47 Å². The minimum absolute atomic E-state index is 0.106. The second kappa shape index (κ2) is 11.0. The fourth-order valence-corrected chi connectivity index (χ4v) is 8.30. The van der Waals surface area contributed by atoms with Crippen molar-refractivity contribution < 1.29 is 39.2 Å². The Morgan fingerprint density at radius 2 is 1.60 bits per heavy atom. The van der Waals surface area contributed by atoms with E-state index in [1.54, 1.807) is 26.0 Å². The first kappa shape index (κ1) is 30.9. The number of rotatable bonds is 11. The molecule has 0 aliphatic heterocycles. The summed E-state index contributed by atoms with van der Waals surface area (Å²) in [6.45, 7) is 11.0. The average molecular weight is 561 g/mol. The molecule has 0 aromatic rings. The Hall–Kier alpha value is -2.03. The molecule has 1 unspecified atom stereocenters. The average Bonchev–Trinajstić information content (AvgIpc) is 3.32. The predicted molar refractivity (Wildman–Crippen MR) is 149 cm³/mol. The minimum atomic E-state index is -1.93. The smallest absolute Gasteiger partial charge is 0.306 e. The Morgan fingerprint density at radius 1 is 1.00 bits per heavy atom. The molecule has 0 aromatic heterocycles. The number of fused-ring (bicyclic) bond motifs is 5. The third-order valence-electron chi connectivity index (χ3n) is 10.5. The van der Waals surface area contributed by atoms with Crippen molar-refractivity contribution in [2.45, 2.75) is 122 Å². The first-order valence-electron chi connectivity index (χ1n) is 15.2. The van der Waals surface area contributed by atoms with Crippen LogP contribution in [0.5, 0.6) is 0 Å². The zero-order chi connectivity index (χ0) is 29.7. The fourth-order valence-electron chi connectivity index (χ4n) is 8.30. The molecule has 0 aromatic carbocycles. The number of carbonyl (C=O) groups excluding carboxylic acids is 3. The van der Waals surface area contributed by atoms with Gasteiger partial charge in [0.1, 0.15) is 11.7 Å². The summed E-state index contributed by atoms with van der Waals surface area (Å²) in [5.41, 5.74) is -4.70. The van der Waals surface area contributed by atoms with Crippen molar-refractivity contribution in [2.75, 3.05) is 6.61 Å². The monoisotopic (exact) mass is 560 g/mol. The van der Waals surface area contributed by atoms with Crippen molar-refractivity contribution in [1.82, 2.24) is 0 Å². The quantitative estimate of drug-likeness (QED) is 0.195. The number of hydrogen-bond acceptors (Lipinski definition) is 8. The van der Waals surface area contributed by atoms with E-state index in [1.807, 2.05) is 20.8 Å². The van der Waals surface area contributed by atoms with E-state index in [9.17, 15) is 29.7 Å². The van der Waals surface area contributed by atoms with Crippen molar-refractivity contribution >= 4 is 17.7 Å². The maximum absolute atomic E-state index is 13.3. The van der Waals surface area contributed by atoms with Crippen LogP contribution in [0.1, 0.15) is 99.3 Å². The molecular formula is C32H48O8. The predicted octanol–water partition coefficient (Wildman–Crippen LogP) is 4.19. The van der Waals surface area contributed by atoms with E-state index < -0.39 is 63.7 Å². The standard InChI is InChI=1S/C32H48O8/c1-7-9-11-13-24(34)39-28-20(4)31(38)22(16-21(18-33)17-30(37)23(31)15-19(3)27(30)36)26-29(5,6)32(26,28)40-25(35)14-12-10-8-2/h15-16,20,22-23,26,28,33,37-38H,7-14,17-18H2,1-6H3/t20-,22+,23-,26?,28-,30-,31-,32-/m1/s1. The number of aliphatic hydroxyl groups is 3. The summed E-state index contributed by atoms with van der Waals surface area (Å²) in [6.07, 6.45) is 7.83. The summed E-state index contributed by atoms with van der Waals surface area (Å²) in [5, 5.41) is 34.8. The van der Waals surface area contributed by atoms with Gasteiger partial charge in [0.15, 0.2) is 11.4 Å². The molecule has 0 amide bonds. The Balaban J connectivity index is 1.82. The Morgan fingerprint density at radius 3 is 2.17 bits per heavy atom. The number of esters is 2. The summed E-state index contributed by atoms with van der Waals surface area (Å²) in [6, 6.07) is 0. The summed E-state index contributed by atoms with van der Waals surface area (Å²) < 4.78 is 12.5. The summed E-state index contributed by atoms with van der Waals surface area (Å²) in [7, 11) is 0. The van der Waals surface area contributed by atoms with Crippen LogP contribution < -0.4 is 0 Å². The van der Waals surface area contributed by atoms with Gasteiger partial charge in [-0.05, 0) is 30.9 Å². The first-order valence-corrected chi connectivity index (χ1v) is 15.2. The number of Topliss-reactive ketones (excluding diaryl/α,β-unsaturated/α-hetero) is 1. The lowest BCUT2D eigenvalue weighted by atomic mass is 9.59. The number of carbonyl (C=O) groups is 3. The van der Waals surface area contributed by atoms with Crippen molar-refractivity contribution in [1.29, 1.82) is 0 Å². The number of ketones is 1. The third kappa shape index (κ3) is 4.49. The maximum Gasteiger partial charge on any atom is 0.306 e. The van der Waals surface area contributed by atoms with Gasteiger partial charge in [0.05, 0.1) is 12.2 Å². The molecular weight excluding hydrogens is 512 g/mol. The molecule has 0 radical (unpaired) electrons. The highest BCUT2D eigenvalue weighted by atomic mass is 16.6. The van der Waals surface area contributed by atoms with Gasteiger partial charge in [-0.3, -0.25) is 14.4 Å². The van der Waals surface area contributed by atoms with Crippen LogP contribution in [0.4, 0.5) is 0 Å². The first-order chi connectivity index (χ1) is 18.8. The van der Waals surface area contributed by atoms with Gasteiger partial charge in [0, 0.05) is 48.3 Å². The molecule has 0 spiro atoms. The molecule has 8 heteroatoms. The van der Waals surface area contributed by atoms with Gasteiger partial charge < -0.3 is 24.8 Å². The number of aliphatic hydroxyl groups excluding tert-OH is 1. The lowest BCUT2D eigenvalue weighted by Crippen LogP contribution is -2.66. The van der Waals surface area contributed by atoms with E-state index in [0.717, 1.165) is 25.7 Å². The van der Waals surface area contributed by atoms with Gasteiger partial charge in [-0.2, -0.15) is 0 Å². The van der Waals surface area contributed by atoms with Gasteiger partial charge in [0.2, 0.25) is 0 Å². The van der Waals surface area contributed by atoms with Crippen LogP contribution in [0.25, 0.3) is 0 Å². The van der Waals surface area contributed by atoms with Crippen LogP contribution in [0.2, 0.25) is 0 Å². The van der Waals surface area contributed by atoms with Crippen molar-refractivity contribution in [3.05, 3.63) is 23.3 Å². The van der Waals surface area contributed by atoms with Crippen molar-refractivity contribution in [3.8, 4) is 0 Å². The second-order valence-corrected chi connectivity index (χ2v) is 13.2. The largest absolute Gasteiger partial charge is 0.458 e. The fraction of sp³-hybridized carbons (Fsp3) is 0.781. The third-order valence-corrected chi connectivity index (χ3v) is 10.5. The van der Waals surface area contributed by atoms with Gasteiger partial charge in [0.25, 0.3) is 0 Å². The molecule has 4 aliphatic carbocycles. The Bertz CT molecular complexity index is 1090. The zero-order valence-corrected chi connectivity index (χ0v) is 25.0. The molecule has 2 saturated carbocycles. The van der Waals surface area contributed by atoms with Crippen LogP contribution in [0.3, 0.4) is 0 Å². The van der Waals surface area contributed by atoms with Crippen LogP contribution in [-0.2, 0) is 23.9 Å². The van der Waals surface area contributed by atoms with Crippen molar-refractivity contribution in [3.63, 3.8) is 0 Å². The van der Waals surface area contributed by atoms with Crippen LogP contribution in [0.15, 0.2) is 23.3 Å². The molecule has 0 heterocycles. The normalized spacial score (nSPS) is 39.2. The van der Waals surface area contributed by atoms with E-state index in [-0.39, 0.29) is 31.8 Å². The van der Waals surface area contributed by atoms with E-state index in [2.05, 4.69) is 6.92 Å². The van der Waals surface area contributed by atoms with E-state index in [0.29, 0.717) is 24.0 Å². The molecule has 224 valence electrons. The Labute approximate surface area is 238 Å². The van der Waals surface area contributed by atoms with Gasteiger partial charge >= 0.3 is 11.9 Å². The molecule has 2 fully saturated rings. The number of hydrogen-bond donors (Lipinski definition) is 3. The van der Waals surface area contributed by atoms with Crippen LogP contribution >= 0.6 is 0 Å². The molecule has 4 rings (SSSR count). The van der Waals surface area contributed by atoms with Gasteiger partial charge in [-0.1, -0.05) is 72.5 Å². The van der Waals surface area contributed by atoms with Crippen LogP contribution in [-0.4, -0.2) is 62.6 Å². The minimum Gasteiger partial charge on any atom is -0.458 e. The van der Waals surface area contributed by atoms with Crippen molar-refractivity contribution in [2.24, 2.45) is 29.1 Å². The zero-order valence-electron chi connectivity index (χ0n) is 25.0. The molecule has 0 saturated heterocycles. The highest BCUT2D eigenvalue weighted by molar-refractivity contribution is 6.04. The maximum atomic E-state index is 13.3. The molecule has 0 bridgehead atoms. The SMILES string of the molecule is CCCCCC(=O)O[C@@H]1[C@@H](C)[C@@]2(O)[C@@H](C=C(CO)C[C@]3(O)C(=O)C(C)=C[C@@H]23)C2C(C)(C)[C@@]21OC(=O)CCCCC.